The predicted octanol–water partition coefficient (Wildman–Crippen LogP) is 2.33. The summed E-state index contributed by atoms with van der Waals surface area (Å²) >= 11 is 1.25. The van der Waals surface area contributed by atoms with Crippen molar-refractivity contribution in [2.75, 3.05) is 32.8 Å². The van der Waals surface area contributed by atoms with E-state index in [1.54, 1.807) is 21.8 Å². The van der Waals surface area contributed by atoms with Crippen molar-refractivity contribution in [3.63, 3.8) is 0 Å². The summed E-state index contributed by atoms with van der Waals surface area (Å²) in [5.41, 5.74) is 0. The Morgan fingerprint density at radius 3 is 2.76 bits per heavy atom. The van der Waals surface area contributed by atoms with Gasteiger partial charge in [-0.05, 0) is 43.6 Å². The summed E-state index contributed by atoms with van der Waals surface area (Å²) in [6, 6.07) is 3.40. The molecule has 1 aliphatic heterocycles. The molecule has 1 unspecified atom stereocenters. The third-order valence-electron chi connectivity index (χ3n) is 4.68. The lowest BCUT2D eigenvalue weighted by molar-refractivity contribution is -0.126. The van der Waals surface area contributed by atoms with Gasteiger partial charge in [-0.2, -0.15) is 4.31 Å². The summed E-state index contributed by atoms with van der Waals surface area (Å²) in [6.07, 6.45) is 2.25. The fourth-order valence-electron chi connectivity index (χ4n) is 3.06. The van der Waals surface area contributed by atoms with Gasteiger partial charge in [-0.25, -0.2) is 8.42 Å². The minimum absolute atomic E-state index is 0.0519. The van der Waals surface area contributed by atoms with E-state index in [9.17, 15) is 13.2 Å². The third-order valence-corrected chi connectivity index (χ3v) is 7.95. The lowest BCUT2D eigenvalue weighted by atomic mass is 9.85. The van der Waals surface area contributed by atoms with Crippen LogP contribution in [0.1, 0.15) is 33.1 Å². The molecule has 0 aliphatic carbocycles. The van der Waals surface area contributed by atoms with E-state index >= 15 is 0 Å². The fraction of sp³-hybridized carbons (Fsp3) is 0.706. The van der Waals surface area contributed by atoms with E-state index in [-0.39, 0.29) is 17.7 Å². The van der Waals surface area contributed by atoms with Gasteiger partial charge in [0.15, 0.2) is 0 Å². The van der Waals surface area contributed by atoms with Gasteiger partial charge in [0.25, 0.3) is 10.0 Å². The van der Waals surface area contributed by atoms with Crippen molar-refractivity contribution in [1.82, 2.24) is 9.62 Å². The Hall–Kier alpha value is -0.960. The number of ether oxygens (including phenoxy) is 1. The van der Waals surface area contributed by atoms with Crippen molar-refractivity contribution in [1.29, 1.82) is 0 Å². The Morgan fingerprint density at radius 1 is 1.44 bits per heavy atom. The van der Waals surface area contributed by atoms with E-state index in [0.29, 0.717) is 37.1 Å². The normalized spacial score (nSPS) is 18.2. The van der Waals surface area contributed by atoms with Crippen molar-refractivity contribution < 1.29 is 17.9 Å². The number of carbonyl (C=O) groups excluding carboxylic acids is 1. The molecule has 1 aromatic rings. The van der Waals surface area contributed by atoms with Crippen LogP contribution in [-0.2, 0) is 19.6 Å². The molecule has 142 valence electrons. The first kappa shape index (κ1) is 20.4. The summed E-state index contributed by atoms with van der Waals surface area (Å²) in [6.45, 7) is 6.81. The van der Waals surface area contributed by atoms with Crippen LogP contribution in [0.5, 0.6) is 0 Å². The minimum atomic E-state index is -3.37. The van der Waals surface area contributed by atoms with Crippen LogP contribution in [0.25, 0.3) is 0 Å². The number of amides is 1. The number of nitrogens with zero attached hydrogens (tertiary/aromatic N) is 1. The van der Waals surface area contributed by atoms with Crippen LogP contribution < -0.4 is 5.32 Å². The minimum Gasteiger partial charge on any atom is -0.382 e. The molecule has 0 saturated carbocycles. The number of sulfonamides is 1. The summed E-state index contributed by atoms with van der Waals surface area (Å²) in [5.74, 6) is 0.177. The number of thiophene rings is 1. The van der Waals surface area contributed by atoms with Gasteiger partial charge in [-0.1, -0.05) is 13.0 Å². The lowest BCUT2D eigenvalue weighted by Gasteiger charge is -2.33. The van der Waals surface area contributed by atoms with Crippen molar-refractivity contribution in [2.24, 2.45) is 11.8 Å². The van der Waals surface area contributed by atoms with Gasteiger partial charge >= 0.3 is 0 Å². The zero-order valence-electron chi connectivity index (χ0n) is 14.9. The van der Waals surface area contributed by atoms with Crippen LogP contribution in [0.15, 0.2) is 21.7 Å². The van der Waals surface area contributed by atoms with Crippen LogP contribution in [0, 0.1) is 11.8 Å². The van der Waals surface area contributed by atoms with Crippen molar-refractivity contribution in [3.8, 4) is 0 Å². The zero-order chi connectivity index (χ0) is 18.3. The Kier molecular flexibility index (Phi) is 7.86. The zero-order valence-corrected chi connectivity index (χ0v) is 16.6. The summed E-state index contributed by atoms with van der Waals surface area (Å²) in [4.78, 5) is 12.3. The number of nitrogens with one attached hydrogen (secondary N) is 1. The molecule has 1 saturated heterocycles. The first-order valence-electron chi connectivity index (χ1n) is 8.86. The number of rotatable bonds is 9. The monoisotopic (exact) mass is 388 g/mol. The van der Waals surface area contributed by atoms with E-state index in [1.807, 2.05) is 13.8 Å². The number of hydrogen-bond acceptors (Lipinski definition) is 5. The summed E-state index contributed by atoms with van der Waals surface area (Å²) in [7, 11) is -3.37. The van der Waals surface area contributed by atoms with E-state index in [4.69, 9.17) is 4.74 Å². The molecule has 0 radical (unpaired) electrons. The lowest BCUT2D eigenvalue weighted by Crippen LogP contribution is -2.42. The second-order valence-corrected chi connectivity index (χ2v) is 9.42. The SMILES string of the molecule is CCOCCCNC(=O)C(C)C1CCN(S(=O)(=O)c2cccs2)CC1. The average molecular weight is 389 g/mol. The highest BCUT2D eigenvalue weighted by Crippen LogP contribution is 2.29. The first-order valence-corrected chi connectivity index (χ1v) is 11.2. The molecule has 0 spiro atoms. The molecular formula is C17H28N2O4S2. The van der Waals surface area contributed by atoms with Crippen molar-refractivity contribution >= 4 is 27.3 Å². The van der Waals surface area contributed by atoms with Gasteiger partial charge in [-0.3, -0.25) is 4.79 Å². The average Bonchev–Trinajstić information content (AvgIpc) is 3.16. The standard InChI is InChI=1S/C17H28N2O4S2/c1-3-23-12-5-9-18-17(20)14(2)15-7-10-19(11-8-15)25(21,22)16-6-4-13-24-16/h4,6,13-15H,3,5,7-12H2,1-2H3,(H,18,20). The second-order valence-electron chi connectivity index (χ2n) is 6.30. The molecule has 0 aromatic carbocycles. The molecule has 2 rings (SSSR count). The molecule has 1 atom stereocenters. The van der Waals surface area contributed by atoms with Crippen molar-refractivity contribution in [3.05, 3.63) is 17.5 Å². The molecule has 1 fully saturated rings. The molecule has 1 N–H and O–H groups in total. The van der Waals surface area contributed by atoms with Gasteiger partial charge in [0.05, 0.1) is 0 Å². The summed E-state index contributed by atoms with van der Waals surface area (Å²) in [5, 5.41) is 4.73. The molecule has 1 aromatic heterocycles. The van der Waals surface area contributed by atoms with Crippen LogP contribution in [-0.4, -0.2) is 51.5 Å². The van der Waals surface area contributed by atoms with Gasteiger partial charge < -0.3 is 10.1 Å². The molecule has 25 heavy (non-hydrogen) atoms. The first-order chi connectivity index (χ1) is 12.0. The Labute approximate surface area is 154 Å². The molecular weight excluding hydrogens is 360 g/mol. The summed E-state index contributed by atoms with van der Waals surface area (Å²) < 4.78 is 32.3. The Balaban J connectivity index is 1.78. The molecule has 2 heterocycles. The molecule has 6 nitrogen and oxygen atoms in total. The molecule has 8 heteroatoms. The number of hydrogen-bond donors (Lipinski definition) is 1. The fourth-order valence-corrected chi connectivity index (χ4v) is 5.67. The van der Waals surface area contributed by atoms with Gasteiger partial charge in [0, 0.05) is 38.8 Å². The highest BCUT2D eigenvalue weighted by molar-refractivity contribution is 7.91. The van der Waals surface area contributed by atoms with Crippen LogP contribution >= 0.6 is 11.3 Å². The van der Waals surface area contributed by atoms with Crippen LogP contribution in [0.2, 0.25) is 0 Å². The maximum absolute atomic E-state index is 12.5. The van der Waals surface area contributed by atoms with Crippen LogP contribution in [0.3, 0.4) is 0 Å². The smallest absolute Gasteiger partial charge is 0.252 e. The highest BCUT2D eigenvalue weighted by atomic mass is 32.2. The molecule has 1 aliphatic rings. The Bertz CT molecular complexity index is 623. The van der Waals surface area contributed by atoms with Gasteiger partial charge in [-0.15, -0.1) is 11.3 Å². The van der Waals surface area contributed by atoms with Gasteiger partial charge in [0.2, 0.25) is 5.91 Å². The van der Waals surface area contributed by atoms with Crippen LogP contribution in [0.4, 0.5) is 0 Å². The maximum atomic E-state index is 12.5. The van der Waals surface area contributed by atoms with E-state index in [2.05, 4.69) is 5.32 Å². The number of piperidine rings is 1. The van der Waals surface area contributed by atoms with E-state index in [0.717, 1.165) is 19.3 Å². The highest BCUT2D eigenvalue weighted by Gasteiger charge is 2.33. The second kappa shape index (κ2) is 9.66. The Morgan fingerprint density at radius 2 is 2.16 bits per heavy atom. The van der Waals surface area contributed by atoms with E-state index in [1.165, 1.54) is 11.3 Å². The van der Waals surface area contributed by atoms with E-state index < -0.39 is 10.0 Å². The largest absolute Gasteiger partial charge is 0.382 e. The maximum Gasteiger partial charge on any atom is 0.252 e. The number of carbonyl (C=O) groups is 1. The van der Waals surface area contributed by atoms with Gasteiger partial charge in [0.1, 0.15) is 4.21 Å². The quantitative estimate of drug-likeness (QED) is 0.659. The topological polar surface area (TPSA) is 75.7 Å². The molecule has 1 amide bonds. The predicted molar refractivity (Wildman–Crippen MR) is 99.1 cm³/mol. The van der Waals surface area contributed by atoms with Crippen molar-refractivity contribution in [2.45, 2.75) is 37.3 Å². The third kappa shape index (κ3) is 5.51. The molecule has 0 bridgehead atoms.